The third-order valence-electron chi connectivity index (χ3n) is 5.69. The predicted molar refractivity (Wildman–Crippen MR) is 148 cm³/mol. The number of sulfone groups is 1. The van der Waals surface area contributed by atoms with Gasteiger partial charge in [0.15, 0.2) is 26.8 Å². The van der Waals surface area contributed by atoms with Crippen molar-refractivity contribution >= 4 is 37.9 Å². The number of aromatic nitrogens is 2. The van der Waals surface area contributed by atoms with Gasteiger partial charge < -0.3 is 24.2 Å². The van der Waals surface area contributed by atoms with Gasteiger partial charge in [-0.25, -0.2) is 18.4 Å². The first-order valence-corrected chi connectivity index (χ1v) is 15.0. The van der Waals surface area contributed by atoms with Crippen LogP contribution in [-0.4, -0.2) is 87.1 Å². The lowest BCUT2D eigenvalue weighted by atomic mass is 10.1. The van der Waals surface area contributed by atoms with E-state index < -0.39 is 15.7 Å². The monoisotopic (exact) mass is 590 g/mol. The lowest BCUT2D eigenvalue weighted by molar-refractivity contribution is -0.110. The Kier molecular flexibility index (Phi) is 10.5. The van der Waals surface area contributed by atoms with Crippen LogP contribution in [0.2, 0.25) is 0 Å². The molecule has 3 heterocycles. The number of aliphatic hydroxyl groups excluding tert-OH is 1. The van der Waals surface area contributed by atoms with E-state index in [9.17, 15) is 13.2 Å². The zero-order valence-corrected chi connectivity index (χ0v) is 23.4. The summed E-state index contributed by atoms with van der Waals surface area (Å²) in [5, 5.41) is 16.1. The number of amides is 1. The fraction of sp³-hybridized carbons (Fsp3) is 0.385. The minimum atomic E-state index is -3.50. The number of aliphatic hydroxyl groups is 1. The first-order chi connectivity index (χ1) is 19.4. The lowest BCUT2D eigenvalue weighted by Crippen LogP contribution is -2.25. The summed E-state index contributed by atoms with van der Waals surface area (Å²) in [7, 11) is -1.99. The Morgan fingerprint density at radius 1 is 1.23 bits per heavy atom. The maximum Gasteiger partial charge on any atom is 0.280 e. The van der Waals surface area contributed by atoms with Crippen molar-refractivity contribution in [2.75, 3.05) is 51.2 Å². The average Bonchev–Trinajstić information content (AvgIpc) is 3.65. The molecular weight excluding hydrogens is 560 g/mol. The minimum Gasteiger partial charge on any atom is -0.475 e. The molecule has 1 aliphatic rings. The Morgan fingerprint density at radius 3 is 2.77 bits per heavy atom. The van der Waals surface area contributed by atoms with Gasteiger partial charge in [0, 0.05) is 38.0 Å². The quantitative estimate of drug-likeness (QED) is 0.162. The van der Waals surface area contributed by atoms with Crippen molar-refractivity contribution in [3.63, 3.8) is 0 Å². The zero-order valence-electron chi connectivity index (χ0n) is 21.8. The van der Waals surface area contributed by atoms with Crippen LogP contribution in [-0.2, 0) is 28.9 Å². The predicted octanol–water partition coefficient (Wildman–Crippen LogP) is 2.53. The number of methoxy groups -OCH3 is 1. The molecule has 1 aromatic carbocycles. The van der Waals surface area contributed by atoms with Crippen molar-refractivity contribution in [1.82, 2.24) is 9.97 Å². The van der Waals surface area contributed by atoms with Crippen molar-refractivity contribution in [2.45, 2.75) is 23.8 Å². The fourth-order valence-electron chi connectivity index (χ4n) is 3.67. The van der Waals surface area contributed by atoms with Gasteiger partial charge in [-0.15, -0.1) is 0 Å². The number of carbonyl (C=O) groups is 1. The number of rotatable bonds is 14. The largest absolute Gasteiger partial charge is 0.475 e. The van der Waals surface area contributed by atoms with E-state index in [0.29, 0.717) is 59.8 Å². The van der Waals surface area contributed by atoms with Crippen molar-refractivity contribution in [3.05, 3.63) is 54.2 Å². The highest BCUT2D eigenvalue weighted by Crippen LogP contribution is 2.29. The second-order valence-corrected chi connectivity index (χ2v) is 11.8. The van der Waals surface area contributed by atoms with Crippen LogP contribution in [0, 0.1) is 0 Å². The molecule has 1 fully saturated rings. The van der Waals surface area contributed by atoms with Crippen LogP contribution in [0.25, 0.3) is 10.6 Å². The van der Waals surface area contributed by atoms with Gasteiger partial charge in [0.1, 0.15) is 6.61 Å². The molecule has 0 spiro atoms. The average molecular weight is 591 g/mol. The molecule has 0 aliphatic carbocycles. The molecule has 2 aromatic heterocycles. The van der Waals surface area contributed by atoms with Gasteiger partial charge in [0.25, 0.3) is 5.91 Å². The van der Waals surface area contributed by atoms with E-state index in [0.717, 1.165) is 0 Å². The molecule has 0 unspecified atom stereocenters. The van der Waals surface area contributed by atoms with E-state index in [2.05, 4.69) is 20.4 Å². The van der Waals surface area contributed by atoms with E-state index in [1.807, 2.05) is 0 Å². The van der Waals surface area contributed by atoms with Crippen LogP contribution in [0.1, 0.15) is 18.4 Å². The molecule has 40 heavy (non-hydrogen) atoms. The summed E-state index contributed by atoms with van der Waals surface area (Å²) >= 11 is 1.20. The second-order valence-electron chi connectivity index (χ2n) is 8.64. The van der Waals surface area contributed by atoms with Gasteiger partial charge >= 0.3 is 0 Å². The number of oxime groups is 1. The van der Waals surface area contributed by atoms with E-state index in [1.54, 1.807) is 24.4 Å². The molecular formula is C26H30N4O8S2. The highest BCUT2D eigenvalue weighted by Gasteiger charge is 2.22. The maximum absolute atomic E-state index is 13.3. The van der Waals surface area contributed by atoms with E-state index in [-0.39, 0.29) is 35.7 Å². The Hall–Kier alpha value is -3.43. The molecule has 4 rings (SSSR count). The van der Waals surface area contributed by atoms with Gasteiger partial charge in [-0.1, -0.05) is 34.7 Å². The van der Waals surface area contributed by atoms with Crippen LogP contribution in [0.3, 0.4) is 0 Å². The Balaban J connectivity index is 1.52. The number of nitrogens with one attached hydrogen (secondary N) is 1. The molecule has 0 saturated carbocycles. The topological polar surface area (TPSA) is 159 Å². The van der Waals surface area contributed by atoms with Crippen molar-refractivity contribution < 1.29 is 37.4 Å². The van der Waals surface area contributed by atoms with Gasteiger partial charge in [-0.2, -0.15) is 0 Å². The number of nitrogens with zero attached hydrogens (tertiary/aromatic N) is 3. The van der Waals surface area contributed by atoms with Gasteiger partial charge in [0.2, 0.25) is 5.88 Å². The third kappa shape index (κ3) is 8.05. The minimum absolute atomic E-state index is 0.0375. The van der Waals surface area contributed by atoms with Crippen LogP contribution in [0.4, 0.5) is 5.13 Å². The fourth-order valence-corrected chi connectivity index (χ4v) is 5.73. The maximum atomic E-state index is 13.3. The molecule has 2 N–H and O–H groups in total. The number of hydrogen-bond acceptors (Lipinski definition) is 12. The second kappa shape index (κ2) is 14.3. The smallest absolute Gasteiger partial charge is 0.280 e. The first-order valence-electron chi connectivity index (χ1n) is 12.5. The zero-order chi connectivity index (χ0) is 28.4. The summed E-state index contributed by atoms with van der Waals surface area (Å²) in [6, 6.07) is 11.1. The van der Waals surface area contributed by atoms with Gasteiger partial charge in [0.05, 0.1) is 41.0 Å². The SMILES string of the molecule is COCCCS(=O)(=O)c1ccc(/C(=N\O[C@@H]2CCOC2)C(=O)Nc2ncc(-c3cccc(OCCO)n3)s2)cc1. The molecule has 3 aromatic rings. The number of anilines is 1. The number of benzene rings is 1. The molecule has 1 aliphatic heterocycles. The van der Waals surface area contributed by atoms with Gasteiger partial charge in [-0.05, 0) is 24.6 Å². The number of pyridine rings is 1. The lowest BCUT2D eigenvalue weighted by Gasteiger charge is -2.10. The number of hydrogen-bond donors (Lipinski definition) is 2. The Labute approximate surface area is 235 Å². The Morgan fingerprint density at radius 2 is 2.05 bits per heavy atom. The summed E-state index contributed by atoms with van der Waals surface area (Å²) < 4.78 is 40.9. The van der Waals surface area contributed by atoms with Gasteiger partial charge in [-0.3, -0.25) is 10.1 Å². The van der Waals surface area contributed by atoms with E-state index in [1.165, 1.54) is 42.7 Å². The van der Waals surface area contributed by atoms with Crippen molar-refractivity contribution in [1.29, 1.82) is 0 Å². The molecule has 1 atom stereocenters. The van der Waals surface area contributed by atoms with Crippen LogP contribution in [0.15, 0.2) is 58.7 Å². The molecule has 1 saturated heterocycles. The molecule has 12 nitrogen and oxygen atoms in total. The first kappa shape index (κ1) is 29.6. The highest BCUT2D eigenvalue weighted by molar-refractivity contribution is 7.91. The van der Waals surface area contributed by atoms with E-state index in [4.69, 9.17) is 24.2 Å². The molecule has 0 bridgehead atoms. The highest BCUT2D eigenvalue weighted by atomic mass is 32.2. The van der Waals surface area contributed by atoms with Crippen LogP contribution in [0.5, 0.6) is 5.88 Å². The van der Waals surface area contributed by atoms with Crippen LogP contribution < -0.4 is 10.1 Å². The van der Waals surface area contributed by atoms with Crippen molar-refractivity contribution in [3.8, 4) is 16.5 Å². The number of thiazole rings is 1. The summed E-state index contributed by atoms with van der Waals surface area (Å²) in [5.41, 5.74) is 0.929. The third-order valence-corrected chi connectivity index (χ3v) is 8.44. The van der Waals surface area contributed by atoms with E-state index >= 15 is 0 Å². The Bertz CT molecular complexity index is 1400. The standard InChI is InChI=1S/C26H30N4O8S2/c1-35-12-3-15-40(33,34)20-8-6-18(7-9-20)24(30-38-19-10-13-36-17-19)25(32)29-26-27-16-22(39-26)21-4-2-5-23(28-21)37-14-11-31/h2,4-9,16,19,31H,3,10-15,17H2,1H3,(H,27,29,32)/b30-24+/t19-/m1/s1. The molecule has 214 valence electrons. The van der Waals surface area contributed by atoms with Crippen molar-refractivity contribution in [2.24, 2.45) is 5.16 Å². The summed E-state index contributed by atoms with van der Waals surface area (Å²) in [6.45, 7) is 1.24. The summed E-state index contributed by atoms with van der Waals surface area (Å²) in [6.07, 6.45) is 2.30. The summed E-state index contributed by atoms with van der Waals surface area (Å²) in [4.78, 5) is 28.4. The number of carbonyl (C=O) groups excluding carboxylic acids is 1. The summed E-state index contributed by atoms with van der Waals surface area (Å²) in [5.74, 6) is -0.273. The normalized spacial score (nSPS) is 15.7. The molecule has 0 radical (unpaired) electrons. The number of ether oxygens (including phenoxy) is 3. The molecule has 1 amide bonds. The molecule has 14 heteroatoms. The van der Waals surface area contributed by atoms with Crippen LogP contribution >= 0.6 is 11.3 Å².